The number of fused-ring (bicyclic) bond motifs is 1. The van der Waals surface area contributed by atoms with Crippen LogP contribution in [0.5, 0.6) is 0 Å². The molecule has 5 N–H and O–H groups in total. The van der Waals surface area contributed by atoms with Gasteiger partial charge in [-0.05, 0) is 35.9 Å². The molecule has 12 heteroatoms. The van der Waals surface area contributed by atoms with E-state index in [-0.39, 0.29) is 17.1 Å². The Labute approximate surface area is 232 Å². The van der Waals surface area contributed by atoms with Crippen LogP contribution in [0.3, 0.4) is 0 Å². The fourth-order valence-corrected chi connectivity index (χ4v) is 4.63. The molecule has 0 spiro atoms. The van der Waals surface area contributed by atoms with E-state index in [9.17, 15) is 14.4 Å². The van der Waals surface area contributed by atoms with Gasteiger partial charge in [0.15, 0.2) is 0 Å². The normalized spacial score (nSPS) is 13.4. The average molecular weight is 564 g/mol. The number of nitriles is 1. The molecule has 0 aliphatic carbocycles. The zero-order valence-electron chi connectivity index (χ0n) is 20.0. The highest BCUT2D eigenvalue weighted by Gasteiger charge is 2.24. The lowest BCUT2D eigenvalue weighted by Crippen LogP contribution is -2.40. The van der Waals surface area contributed by atoms with Crippen molar-refractivity contribution in [1.82, 2.24) is 21.0 Å². The Morgan fingerprint density at radius 2 is 1.90 bits per heavy atom. The molecule has 0 radical (unpaired) electrons. The molecule has 1 aliphatic heterocycles. The van der Waals surface area contributed by atoms with Crippen LogP contribution in [0.15, 0.2) is 78.8 Å². The number of carboxylic acid groups (broad SMARTS) is 1. The zero-order valence-corrected chi connectivity index (χ0v) is 21.6. The van der Waals surface area contributed by atoms with Crippen LogP contribution in [0.2, 0.25) is 10.0 Å². The van der Waals surface area contributed by atoms with Gasteiger partial charge in [0.1, 0.15) is 18.4 Å². The third-order valence-electron chi connectivity index (χ3n) is 5.93. The van der Waals surface area contributed by atoms with Gasteiger partial charge in [-0.25, -0.2) is 4.39 Å². The highest BCUT2D eigenvalue weighted by atomic mass is 35.5. The van der Waals surface area contributed by atoms with Crippen LogP contribution in [0.25, 0.3) is 10.9 Å². The van der Waals surface area contributed by atoms with Crippen LogP contribution in [-0.2, 0) is 4.79 Å². The lowest BCUT2D eigenvalue weighted by Gasteiger charge is -2.22. The van der Waals surface area contributed by atoms with E-state index in [0.29, 0.717) is 38.7 Å². The first-order valence-electron chi connectivity index (χ1n) is 11.6. The Bertz CT molecular complexity index is 1640. The molecular formula is C27H20Cl2FN7O2. The van der Waals surface area contributed by atoms with Gasteiger partial charge in [-0.1, -0.05) is 53.5 Å². The molecule has 0 amide bonds. The summed E-state index contributed by atoms with van der Waals surface area (Å²) in [6, 6.07) is 18.9. The smallest absolute Gasteiger partial charge is 0.324 e. The number of aliphatic carboxylic acids is 1. The molecule has 1 unspecified atom stereocenters. The minimum Gasteiger partial charge on any atom is -0.480 e. The molecule has 5 rings (SSSR count). The van der Waals surface area contributed by atoms with Gasteiger partial charge in [-0.15, -0.1) is 5.53 Å². The van der Waals surface area contributed by atoms with Crippen molar-refractivity contribution in [2.75, 3.05) is 17.2 Å². The van der Waals surface area contributed by atoms with Crippen molar-refractivity contribution in [3.63, 3.8) is 0 Å². The minimum absolute atomic E-state index is 0.0640. The van der Waals surface area contributed by atoms with Crippen molar-refractivity contribution in [2.24, 2.45) is 0 Å². The number of rotatable bonds is 8. The van der Waals surface area contributed by atoms with Crippen molar-refractivity contribution in [2.45, 2.75) is 6.04 Å². The summed E-state index contributed by atoms with van der Waals surface area (Å²) in [4.78, 5) is 15.6. The van der Waals surface area contributed by atoms with Crippen molar-refractivity contribution in [3.05, 3.63) is 106 Å². The summed E-state index contributed by atoms with van der Waals surface area (Å²) in [6.45, 7) is -0.245. The summed E-state index contributed by atoms with van der Waals surface area (Å²) in [5, 5.41) is 27.8. The molecule has 0 saturated heterocycles. The maximum atomic E-state index is 13.7. The number of nitrogens with one attached hydrogen (secondary N) is 4. The van der Waals surface area contributed by atoms with Crippen LogP contribution in [0, 0.1) is 17.1 Å². The number of anilines is 3. The summed E-state index contributed by atoms with van der Waals surface area (Å²) >= 11 is 12.6. The number of hydrogen-bond donors (Lipinski definition) is 5. The number of halogens is 3. The number of benzene rings is 3. The maximum Gasteiger partial charge on any atom is 0.324 e. The van der Waals surface area contributed by atoms with Gasteiger partial charge in [-0.2, -0.15) is 5.26 Å². The number of nitrogens with zero attached hydrogens (tertiary/aromatic N) is 3. The van der Waals surface area contributed by atoms with Gasteiger partial charge in [0, 0.05) is 29.2 Å². The molecule has 2 heterocycles. The summed E-state index contributed by atoms with van der Waals surface area (Å²) in [5.41, 5.74) is 9.64. The molecule has 39 heavy (non-hydrogen) atoms. The van der Waals surface area contributed by atoms with Crippen LogP contribution < -0.4 is 21.6 Å². The van der Waals surface area contributed by atoms with Gasteiger partial charge in [0.25, 0.3) is 0 Å². The molecular weight excluding hydrogens is 544 g/mol. The van der Waals surface area contributed by atoms with Crippen molar-refractivity contribution >= 4 is 57.1 Å². The van der Waals surface area contributed by atoms with Gasteiger partial charge >= 0.3 is 5.97 Å². The Kier molecular flexibility index (Phi) is 7.38. The molecule has 0 saturated carbocycles. The summed E-state index contributed by atoms with van der Waals surface area (Å²) in [7, 11) is 0. The zero-order chi connectivity index (χ0) is 27.5. The fraction of sp³-hybridized carbons (Fsp3) is 0.0741. The van der Waals surface area contributed by atoms with Gasteiger partial charge in [0.05, 0.1) is 38.6 Å². The van der Waals surface area contributed by atoms with Crippen molar-refractivity contribution < 1.29 is 14.3 Å². The largest absolute Gasteiger partial charge is 0.480 e. The maximum absolute atomic E-state index is 13.7. The van der Waals surface area contributed by atoms with Gasteiger partial charge in [-0.3, -0.25) is 14.8 Å². The first kappa shape index (κ1) is 26.1. The predicted molar refractivity (Wildman–Crippen MR) is 148 cm³/mol. The minimum atomic E-state index is -0.990. The first-order valence-corrected chi connectivity index (χ1v) is 12.4. The molecule has 4 aromatic rings. The number of pyridine rings is 1. The number of hydrogen-bond acceptors (Lipinski definition) is 8. The third kappa shape index (κ3) is 5.66. The quantitative estimate of drug-likeness (QED) is 0.183. The predicted octanol–water partition coefficient (Wildman–Crippen LogP) is 5.70. The lowest BCUT2D eigenvalue weighted by molar-refractivity contribution is -0.138. The second-order valence-corrected chi connectivity index (χ2v) is 9.41. The Morgan fingerprint density at radius 1 is 1.13 bits per heavy atom. The number of aromatic nitrogens is 1. The van der Waals surface area contributed by atoms with Gasteiger partial charge < -0.3 is 21.2 Å². The Balaban J connectivity index is 1.57. The second-order valence-electron chi connectivity index (χ2n) is 8.60. The fourth-order valence-electron chi connectivity index (χ4n) is 4.18. The first-order chi connectivity index (χ1) is 18.8. The highest BCUT2D eigenvalue weighted by Crippen LogP contribution is 2.37. The van der Waals surface area contributed by atoms with Crippen molar-refractivity contribution in [3.8, 4) is 6.07 Å². The van der Waals surface area contributed by atoms with E-state index in [1.807, 2.05) is 30.3 Å². The van der Waals surface area contributed by atoms with E-state index in [1.165, 1.54) is 29.4 Å². The van der Waals surface area contributed by atoms with Crippen LogP contribution in [-0.4, -0.2) is 27.6 Å². The molecule has 1 aliphatic rings. The monoisotopic (exact) mass is 563 g/mol. The molecule has 1 aromatic heterocycles. The summed E-state index contributed by atoms with van der Waals surface area (Å²) in [5.74, 6) is -1.55. The standard InChI is InChI=1S/C27H20Cl2FN7O2/c28-20-9-17(6-7-22(20)30)33-25-16(11-31)12-32-27-19(25)8-18(10-21(27)29)34-26(15-4-2-1-3-5-15)23-13-37(36-35-23)14-24(38)39/h1-10,12-13,26,34-36H,14H2,(H,32,33)(H,38,39). The topological polar surface area (TPSA) is 125 Å². The molecule has 1 atom stereocenters. The van der Waals surface area contributed by atoms with E-state index >= 15 is 0 Å². The van der Waals surface area contributed by atoms with Crippen LogP contribution in [0.1, 0.15) is 17.2 Å². The van der Waals surface area contributed by atoms with E-state index in [0.717, 1.165) is 5.56 Å². The van der Waals surface area contributed by atoms with E-state index in [4.69, 9.17) is 28.3 Å². The van der Waals surface area contributed by atoms with Crippen LogP contribution in [0.4, 0.5) is 21.5 Å². The number of carboxylic acids is 1. The average Bonchev–Trinajstić information content (AvgIpc) is 3.37. The van der Waals surface area contributed by atoms with Gasteiger partial charge in [0.2, 0.25) is 0 Å². The molecule has 0 fully saturated rings. The summed E-state index contributed by atoms with van der Waals surface area (Å²) in [6.07, 6.45) is 3.08. The molecule has 9 nitrogen and oxygen atoms in total. The van der Waals surface area contributed by atoms with E-state index in [1.54, 1.807) is 18.3 Å². The molecule has 196 valence electrons. The summed E-state index contributed by atoms with van der Waals surface area (Å²) < 4.78 is 13.7. The number of carbonyl (C=O) groups is 1. The second kappa shape index (κ2) is 11.0. The van der Waals surface area contributed by atoms with E-state index in [2.05, 4.69) is 32.6 Å². The highest BCUT2D eigenvalue weighted by molar-refractivity contribution is 6.36. The Morgan fingerprint density at radius 3 is 2.62 bits per heavy atom. The lowest BCUT2D eigenvalue weighted by atomic mass is 10.0. The van der Waals surface area contributed by atoms with Crippen LogP contribution >= 0.6 is 23.2 Å². The van der Waals surface area contributed by atoms with Crippen molar-refractivity contribution in [1.29, 1.82) is 5.26 Å². The Hall–Kier alpha value is -4.56. The van der Waals surface area contributed by atoms with E-state index < -0.39 is 17.8 Å². The number of hydrazine groups is 2. The molecule has 3 aromatic carbocycles. The third-order valence-corrected chi connectivity index (χ3v) is 6.51. The SMILES string of the molecule is N#Cc1cnc2c(Cl)cc(NC(C3=CN(CC(=O)O)NN3)c3ccccc3)cc2c1Nc1ccc(F)c(Cl)c1. The molecule has 0 bridgehead atoms.